The molecule has 5 nitrogen and oxygen atoms in total. The number of carboxylic acids is 1. The Morgan fingerprint density at radius 1 is 1.29 bits per heavy atom. The zero-order valence-electron chi connectivity index (χ0n) is 12.6. The molecule has 2 rings (SSSR count). The molecular weight excluding hydrogens is 270 g/mol. The highest BCUT2D eigenvalue weighted by molar-refractivity contribution is 5.91. The average Bonchev–Trinajstić information content (AvgIpc) is 3.20. The van der Waals surface area contributed by atoms with Gasteiger partial charge in [0.05, 0.1) is 17.4 Å². The molecule has 0 radical (unpaired) electrons. The van der Waals surface area contributed by atoms with Gasteiger partial charge in [-0.3, -0.25) is 9.59 Å². The molecule has 0 bridgehead atoms. The first-order valence-electron chi connectivity index (χ1n) is 6.98. The molecule has 21 heavy (non-hydrogen) atoms. The van der Waals surface area contributed by atoms with Gasteiger partial charge in [-0.2, -0.15) is 0 Å². The highest BCUT2D eigenvalue weighted by atomic mass is 16.5. The Morgan fingerprint density at radius 2 is 1.86 bits per heavy atom. The van der Waals surface area contributed by atoms with E-state index in [1.165, 1.54) is 0 Å². The summed E-state index contributed by atoms with van der Waals surface area (Å²) in [6.07, 6.45) is 1.61. The number of methoxy groups -OCH3 is 1. The van der Waals surface area contributed by atoms with Crippen LogP contribution in [0.5, 0.6) is 0 Å². The van der Waals surface area contributed by atoms with Crippen molar-refractivity contribution >= 4 is 17.6 Å². The maximum absolute atomic E-state index is 11.9. The molecule has 0 aromatic heterocycles. The van der Waals surface area contributed by atoms with Crippen molar-refractivity contribution in [3.63, 3.8) is 0 Å². The van der Waals surface area contributed by atoms with E-state index in [0.29, 0.717) is 18.5 Å². The summed E-state index contributed by atoms with van der Waals surface area (Å²) in [5, 5.41) is 12.0. The van der Waals surface area contributed by atoms with Crippen LogP contribution in [0.15, 0.2) is 24.3 Å². The summed E-state index contributed by atoms with van der Waals surface area (Å²) in [6.45, 7) is 3.69. The molecule has 1 fully saturated rings. The molecule has 1 aromatic carbocycles. The van der Waals surface area contributed by atoms with Gasteiger partial charge in [-0.15, -0.1) is 0 Å². The predicted molar refractivity (Wildman–Crippen MR) is 79.3 cm³/mol. The molecule has 1 aliphatic rings. The molecular formula is C16H21NO4. The number of benzene rings is 1. The number of aliphatic carboxylic acids is 1. The van der Waals surface area contributed by atoms with E-state index in [1.54, 1.807) is 31.4 Å². The van der Waals surface area contributed by atoms with Gasteiger partial charge in [-0.05, 0) is 44.4 Å². The van der Waals surface area contributed by atoms with Crippen LogP contribution in [0.2, 0.25) is 0 Å². The standard InChI is InChI=1S/C16H21NO4/c1-15(2,21-3)10-13(18)17-12-6-4-11(5-7-12)16(8-9-16)14(19)20/h4-7H,8-10H2,1-3H3,(H,17,18)(H,19,20). The third-order valence-electron chi connectivity index (χ3n) is 4.02. The summed E-state index contributed by atoms with van der Waals surface area (Å²) < 4.78 is 5.22. The van der Waals surface area contributed by atoms with E-state index in [1.807, 2.05) is 13.8 Å². The molecule has 0 unspecified atom stereocenters. The number of ether oxygens (including phenoxy) is 1. The SMILES string of the molecule is COC(C)(C)CC(=O)Nc1ccc(C2(C(=O)O)CC2)cc1. The van der Waals surface area contributed by atoms with Crippen LogP contribution in [0.1, 0.15) is 38.7 Å². The summed E-state index contributed by atoms with van der Waals surface area (Å²) in [5.74, 6) is -0.907. The summed E-state index contributed by atoms with van der Waals surface area (Å²) >= 11 is 0. The quantitative estimate of drug-likeness (QED) is 0.844. The largest absolute Gasteiger partial charge is 0.481 e. The van der Waals surface area contributed by atoms with Gasteiger partial charge < -0.3 is 15.2 Å². The predicted octanol–water partition coefficient (Wildman–Crippen LogP) is 2.56. The summed E-state index contributed by atoms with van der Waals surface area (Å²) in [6, 6.07) is 7.04. The number of rotatable bonds is 6. The molecule has 5 heteroatoms. The van der Waals surface area contributed by atoms with Crippen LogP contribution in [0, 0.1) is 0 Å². The number of nitrogens with one attached hydrogen (secondary N) is 1. The Balaban J connectivity index is 2.00. The fourth-order valence-corrected chi connectivity index (χ4v) is 2.29. The van der Waals surface area contributed by atoms with Crippen molar-refractivity contribution in [1.29, 1.82) is 0 Å². The molecule has 0 spiro atoms. The van der Waals surface area contributed by atoms with Gasteiger partial charge >= 0.3 is 5.97 Å². The third-order valence-corrected chi connectivity index (χ3v) is 4.02. The van der Waals surface area contributed by atoms with Gasteiger partial charge in [0.25, 0.3) is 0 Å². The third kappa shape index (κ3) is 3.42. The fourth-order valence-electron chi connectivity index (χ4n) is 2.29. The lowest BCUT2D eigenvalue weighted by Crippen LogP contribution is -2.29. The molecule has 1 aliphatic carbocycles. The summed E-state index contributed by atoms with van der Waals surface area (Å²) in [5.41, 5.74) is 0.244. The van der Waals surface area contributed by atoms with Crippen molar-refractivity contribution < 1.29 is 19.4 Å². The van der Waals surface area contributed by atoms with Crippen molar-refractivity contribution in [2.24, 2.45) is 0 Å². The lowest BCUT2D eigenvalue weighted by molar-refractivity contribution is -0.140. The van der Waals surface area contributed by atoms with Crippen LogP contribution in [-0.4, -0.2) is 29.7 Å². The molecule has 2 N–H and O–H groups in total. The van der Waals surface area contributed by atoms with E-state index >= 15 is 0 Å². The van der Waals surface area contributed by atoms with Crippen LogP contribution in [-0.2, 0) is 19.7 Å². The Hall–Kier alpha value is -1.88. The molecule has 0 saturated heterocycles. The normalized spacial score (nSPS) is 16.3. The fraction of sp³-hybridized carbons (Fsp3) is 0.500. The zero-order valence-corrected chi connectivity index (χ0v) is 12.6. The molecule has 1 aromatic rings. The number of anilines is 1. The average molecular weight is 291 g/mol. The van der Waals surface area contributed by atoms with Gasteiger partial charge in [-0.25, -0.2) is 0 Å². The highest BCUT2D eigenvalue weighted by Crippen LogP contribution is 2.48. The molecule has 1 saturated carbocycles. The first kappa shape index (κ1) is 15.5. The van der Waals surface area contributed by atoms with E-state index in [9.17, 15) is 14.7 Å². The van der Waals surface area contributed by atoms with Gasteiger partial charge in [-0.1, -0.05) is 12.1 Å². The number of carbonyl (C=O) groups is 2. The maximum Gasteiger partial charge on any atom is 0.314 e. The first-order chi connectivity index (χ1) is 9.79. The minimum atomic E-state index is -0.777. The van der Waals surface area contributed by atoms with Gasteiger partial charge in [0.15, 0.2) is 0 Å². The van der Waals surface area contributed by atoms with Crippen LogP contribution < -0.4 is 5.32 Å². The van der Waals surface area contributed by atoms with Gasteiger partial charge in [0, 0.05) is 12.8 Å². The minimum absolute atomic E-state index is 0.131. The van der Waals surface area contributed by atoms with E-state index < -0.39 is 17.0 Å². The van der Waals surface area contributed by atoms with Crippen molar-refractivity contribution in [1.82, 2.24) is 0 Å². The van der Waals surface area contributed by atoms with Crippen LogP contribution in [0.25, 0.3) is 0 Å². The van der Waals surface area contributed by atoms with Crippen molar-refractivity contribution in [2.45, 2.75) is 44.1 Å². The zero-order chi connectivity index (χ0) is 15.7. The van der Waals surface area contributed by atoms with Gasteiger partial charge in [0.1, 0.15) is 0 Å². The molecule has 0 atom stereocenters. The Kier molecular flexibility index (Phi) is 4.05. The summed E-state index contributed by atoms with van der Waals surface area (Å²) in [4.78, 5) is 23.2. The Labute approximate surface area is 124 Å². The number of carbonyl (C=O) groups excluding carboxylic acids is 1. The van der Waals surface area contributed by atoms with Crippen LogP contribution in [0.4, 0.5) is 5.69 Å². The van der Waals surface area contributed by atoms with Crippen molar-refractivity contribution in [2.75, 3.05) is 12.4 Å². The van der Waals surface area contributed by atoms with Crippen LogP contribution >= 0.6 is 0 Å². The van der Waals surface area contributed by atoms with Crippen LogP contribution in [0.3, 0.4) is 0 Å². The van der Waals surface area contributed by atoms with Crippen molar-refractivity contribution in [3.8, 4) is 0 Å². The summed E-state index contributed by atoms with van der Waals surface area (Å²) in [7, 11) is 1.57. The monoisotopic (exact) mass is 291 g/mol. The maximum atomic E-state index is 11.9. The number of hydrogen-bond donors (Lipinski definition) is 2. The van der Waals surface area contributed by atoms with Gasteiger partial charge in [0.2, 0.25) is 5.91 Å². The topological polar surface area (TPSA) is 75.6 Å². The second-order valence-corrected chi connectivity index (χ2v) is 6.15. The Morgan fingerprint density at radius 3 is 2.29 bits per heavy atom. The number of hydrogen-bond acceptors (Lipinski definition) is 3. The first-order valence-corrected chi connectivity index (χ1v) is 6.98. The van der Waals surface area contributed by atoms with Crippen molar-refractivity contribution in [3.05, 3.63) is 29.8 Å². The van der Waals surface area contributed by atoms with E-state index in [2.05, 4.69) is 5.32 Å². The number of amides is 1. The lowest BCUT2D eigenvalue weighted by Gasteiger charge is -2.22. The molecule has 0 heterocycles. The second kappa shape index (κ2) is 5.48. The lowest BCUT2D eigenvalue weighted by atomic mass is 9.96. The van der Waals surface area contributed by atoms with E-state index in [4.69, 9.17) is 4.74 Å². The number of carboxylic acid groups (broad SMARTS) is 1. The van der Waals surface area contributed by atoms with E-state index in [0.717, 1.165) is 5.56 Å². The molecule has 1 amide bonds. The molecule has 114 valence electrons. The second-order valence-electron chi connectivity index (χ2n) is 6.15. The Bertz CT molecular complexity index is 544. The minimum Gasteiger partial charge on any atom is -0.481 e. The smallest absolute Gasteiger partial charge is 0.314 e. The molecule has 0 aliphatic heterocycles. The van der Waals surface area contributed by atoms with E-state index in [-0.39, 0.29) is 12.3 Å². The highest BCUT2D eigenvalue weighted by Gasteiger charge is 2.51.